The number of carbonyl (C=O) groups excluding carboxylic acids is 2. The van der Waals surface area contributed by atoms with Gasteiger partial charge < -0.3 is 4.57 Å². The third-order valence-corrected chi connectivity index (χ3v) is 3.63. The lowest BCUT2D eigenvalue weighted by molar-refractivity contribution is -0.131. The topological polar surface area (TPSA) is 54.3 Å². The van der Waals surface area contributed by atoms with Gasteiger partial charge in [-0.3, -0.25) is 15.0 Å². The first-order valence-corrected chi connectivity index (χ1v) is 6.38. The predicted octanol–water partition coefficient (Wildman–Crippen LogP) is 1.28. The van der Waals surface area contributed by atoms with Gasteiger partial charge >= 0.3 is 0 Å². The maximum atomic E-state index is 12.0. The van der Waals surface area contributed by atoms with Crippen LogP contribution in [0, 0.1) is 0 Å². The molecule has 0 aliphatic carbocycles. The summed E-state index contributed by atoms with van der Waals surface area (Å²) in [5.74, 6) is -0.632. The molecule has 0 saturated carbocycles. The normalized spacial score (nSPS) is 17.7. The largest absolute Gasteiger partial charge is 0.351 e. The minimum absolute atomic E-state index is 0.304. The number of hydrogen-bond acceptors (Lipinski definition) is 4. The molecule has 1 aromatic rings. The first kappa shape index (κ1) is 12.8. The number of nitrogens with one attached hydrogen (secondary N) is 1. The molecule has 0 aromatic carbocycles. The minimum Gasteiger partial charge on any atom is -0.351 e. The van der Waals surface area contributed by atoms with Crippen LogP contribution in [0.4, 0.5) is 0 Å². The summed E-state index contributed by atoms with van der Waals surface area (Å²) in [7, 11) is 1.89. The molecule has 1 aromatic heterocycles. The Hall–Kier alpha value is -1.60. The smallest absolute Gasteiger partial charge is 0.285 e. The Morgan fingerprint density at radius 1 is 1.56 bits per heavy atom. The molecule has 2 heterocycles. The maximum Gasteiger partial charge on any atom is 0.285 e. The van der Waals surface area contributed by atoms with Gasteiger partial charge in [0.15, 0.2) is 4.32 Å². The molecule has 0 unspecified atom stereocenters. The van der Waals surface area contributed by atoms with Crippen LogP contribution in [0.15, 0.2) is 23.2 Å². The number of thiocarbonyl (C=S) groups is 1. The summed E-state index contributed by atoms with van der Waals surface area (Å²) in [6, 6.07) is 3.78. The highest BCUT2D eigenvalue weighted by atomic mass is 32.2. The number of hydrogen-bond donors (Lipinski definition) is 1. The second kappa shape index (κ2) is 4.95. The van der Waals surface area contributed by atoms with Crippen molar-refractivity contribution in [2.24, 2.45) is 7.05 Å². The third-order valence-electron chi connectivity index (χ3n) is 2.33. The monoisotopic (exact) mass is 281 g/mol. The fourth-order valence-electron chi connectivity index (χ4n) is 1.48. The standard InChI is InChI=1S/C11H11N3O2S2/c1-7(15)12-14-10(16)9(18-11(14)17)6-8-4-3-5-13(8)2/h3-6H,1-2H3,(H,12,15)/b9-6+. The van der Waals surface area contributed by atoms with Gasteiger partial charge in [-0.15, -0.1) is 0 Å². The highest BCUT2D eigenvalue weighted by Crippen LogP contribution is 2.31. The number of carbonyl (C=O) groups is 2. The quantitative estimate of drug-likeness (QED) is 0.655. The zero-order valence-corrected chi connectivity index (χ0v) is 11.5. The molecule has 1 saturated heterocycles. The van der Waals surface area contributed by atoms with Gasteiger partial charge in [0.2, 0.25) is 5.91 Å². The molecule has 0 bridgehead atoms. The van der Waals surface area contributed by atoms with Crippen LogP contribution < -0.4 is 5.43 Å². The number of nitrogens with zero attached hydrogens (tertiary/aromatic N) is 2. The molecule has 1 aliphatic rings. The fourth-order valence-corrected chi connectivity index (χ4v) is 2.64. The molecule has 7 heteroatoms. The molecule has 0 atom stereocenters. The molecule has 2 amide bonds. The van der Waals surface area contributed by atoms with Crippen molar-refractivity contribution in [3.8, 4) is 0 Å². The lowest BCUT2D eigenvalue weighted by Gasteiger charge is -2.13. The van der Waals surface area contributed by atoms with Crippen molar-refractivity contribution in [3.63, 3.8) is 0 Å². The SMILES string of the molecule is CC(=O)NN1C(=O)/C(=C\c2cccn2C)SC1=S. The van der Waals surface area contributed by atoms with Gasteiger partial charge in [-0.2, -0.15) is 5.01 Å². The summed E-state index contributed by atoms with van der Waals surface area (Å²) in [5.41, 5.74) is 3.30. The zero-order valence-electron chi connectivity index (χ0n) is 9.84. The van der Waals surface area contributed by atoms with E-state index in [1.807, 2.05) is 29.9 Å². The van der Waals surface area contributed by atoms with Crippen molar-refractivity contribution < 1.29 is 9.59 Å². The average Bonchev–Trinajstić information content (AvgIpc) is 2.79. The van der Waals surface area contributed by atoms with Gasteiger partial charge in [0, 0.05) is 25.9 Å². The highest BCUT2D eigenvalue weighted by molar-refractivity contribution is 8.26. The molecule has 0 spiro atoms. The van der Waals surface area contributed by atoms with E-state index in [9.17, 15) is 9.59 Å². The van der Waals surface area contributed by atoms with E-state index < -0.39 is 0 Å². The average molecular weight is 281 g/mol. The molecule has 1 aliphatic heterocycles. The second-order valence-corrected chi connectivity index (χ2v) is 5.40. The first-order chi connectivity index (χ1) is 8.49. The molecule has 94 valence electrons. The van der Waals surface area contributed by atoms with E-state index in [0.717, 1.165) is 10.7 Å². The first-order valence-electron chi connectivity index (χ1n) is 5.15. The lowest BCUT2D eigenvalue weighted by Crippen LogP contribution is -2.43. The number of rotatable bonds is 2. The Kier molecular flexibility index (Phi) is 3.53. The lowest BCUT2D eigenvalue weighted by atomic mass is 10.3. The molecule has 1 N–H and O–H groups in total. The molecule has 2 rings (SSSR count). The number of thioether (sulfide) groups is 1. The Morgan fingerprint density at radius 2 is 2.28 bits per heavy atom. The summed E-state index contributed by atoms with van der Waals surface area (Å²) >= 11 is 6.22. The van der Waals surface area contributed by atoms with Crippen LogP contribution >= 0.6 is 24.0 Å². The van der Waals surface area contributed by atoms with Gasteiger partial charge in [-0.25, -0.2) is 0 Å². The van der Waals surface area contributed by atoms with Crippen LogP contribution in [0.2, 0.25) is 0 Å². The molecule has 5 nitrogen and oxygen atoms in total. The van der Waals surface area contributed by atoms with E-state index in [1.54, 1.807) is 6.08 Å². The number of aromatic nitrogens is 1. The summed E-state index contributed by atoms with van der Waals surface area (Å²) in [6.07, 6.45) is 3.64. The van der Waals surface area contributed by atoms with Crippen LogP contribution in [0.25, 0.3) is 6.08 Å². The van der Waals surface area contributed by atoms with Crippen molar-refractivity contribution in [1.29, 1.82) is 0 Å². The number of hydrazine groups is 1. The van der Waals surface area contributed by atoms with Crippen LogP contribution in [0.5, 0.6) is 0 Å². The molecule has 1 fully saturated rings. The number of aryl methyl sites for hydroxylation is 1. The van der Waals surface area contributed by atoms with Crippen molar-refractivity contribution in [3.05, 3.63) is 28.9 Å². The molecular formula is C11H11N3O2S2. The van der Waals surface area contributed by atoms with E-state index >= 15 is 0 Å². The summed E-state index contributed by atoms with van der Waals surface area (Å²) in [6.45, 7) is 1.33. The van der Waals surface area contributed by atoms with E-state index in [2.05, 4.69) is 5.43 Å². The fraction of sp³-hybridized carbons (Fsp3) is 0.182. The zero-order chi connectivity index (χ0) is 13.3. The Labute approximate surface area is 114 Å². The maximum absolute atomic E-state index is 12.0. The van der Waals surface area contributed by atoms with Crippen LogP contribution in [-0.2, 0) is 16.6 Å². The summed E-state index contributed by atoms with van der Waals surface area (Å²) < 4.78 is 2.22. The van der Waals surface area contributed by atoms with E-state index in [0.29, 0.717) is 9.23 Å². The van der Waals surface area contributed by atoms with Crippen molar-refractivity contribution in [2.45, 2.75) is 6.92 Å². The molecule has 18 heavy (non-hydrogen) atoms. The van der Waals surface area contributed by atoms with Crippen molar-refractivity contribution in [2.75, 3.05) is 0 Å². The minimum atomic E-state index is -0.327. The Bertz CT molecular complexity index is 562. The van der Waals surface area contributed by atoms with E-state index in [-0.39, 0.29) is 11.8 Å². The summed E-state index contributed by atoms with van der Waals surface area (Å²) in [5, 5.41) is 1.09. The van der Waals surface area contributed by atoms with Gasteiger partial charge in [0.05, 0.1) is 4.91 Å². The molecular weight excluding hydrogens is 270 g/mol. The van der Waals surface area contributed by atoms with E-state index in [4.69, 9.17) is 12.2 Å². The second-order valence-electron chi connectivity index (χ2n) is 3.73. The van der Waals surface area contributed by atoms with Crippen LogP contribution in [0.1, 0.15) is 12.6 Å². The van der Waals surface area contributed by atoms with Crippen LogP contribution in [0.3, 0.4) is 0 Å². The molecule has 0 radical (unpaired) electrons. The third kappa shape index (κ3) is 2.46. The summed E-state index contributed by atoms with van der Waals surface area (Å²) in [4.78, 5) is 23.5. The van der Waals surface area contributed by atoms with Crippen molar-refractivity contribution in [1.82, 2.24) is 15.0 Å². The Morgan fingerprint density at radius 3 is 2.83 bits per heavy atom. The van der Waals surface area contributed by atoms with E-state index in [1.165, 1.54) is 18.7 Å². The van der Waals surface area contributed by atoms with Crippen LogP contribution in [-0.4, -0.2) is 25.7 Å². The predicted molar refractivity (Wildman–Crippen MR) is 74.2 cm³/mol. The van der Waals surface area contributed by atoms with Gasteiger partial charge in [0.1, 0.15) is 0 Å². The highest BCUT2D eigenvalue weighted by Gasteiger charge is 2.33. The van der Waals surface area contributed by atoms with Gasteiger partial charge in [-0.1, -0.05) is 11.8 Å². The number of amides is 2. The van der Waals surface area contributed by atoms with Gasteiger partial charge in [-0.05, 0) is 30.4 Å². The van der Waals surface area contributed by atoms with Gasteiger partial charge in [0.25, 0.3) is 5.91 Å². The Balaban J connectivity index is 2.25. The van der Waals surface area contributed by atoms with Crippen molar-refractivity contribution >= 4 is 46.2 Å².